The van der Waals surface area contributed by atoms with Gasteiger partial charge in [-0.1, -0.05) is 11.6 Å². The fourth-order valence-corrected chi connectivity index (χ4v) is 2.22. The Hall–Kier alpha value is -2.01. The maximum Gasteiger partial charge on any atom is 0.158 e. The van der Waals surface area contributed by atoms with Crippen LogP contribution in [0.3, 0.4) is 0 Å². The van der Waals surface area contributed by atoms with Crippen molar-refractivity contribution in [2.75, 3.05) is 5.73 Å². The van der Waals surface area contributed by atoms with Gasteiger partial charge in [-0.2, -0.15) is 0 Å². The van der Waals surface area contributed by atoms with Crippen molar-refractivity contribution in [2.24, 2.45) is 0 Å². The molecule has 3 aromatic rings. The molecule has 0 aliphatic heterocycles. The highest BCUT2D eigenvalue weighted by Gasteiger charge is 2.15. The summed E-state index contributed by atoms with van der Waals surface area (Å²) in [6.45, 7) is 2.86. The molecule has 92 valence electrons. The van der Waals surface area contributed by atoms with Crippen molar-refractivity contribution < 1.29 is 0 Å². The molecule has 2 N–H and O–H groups in total. The standard InChI is InChI=1S/C12H12ClN5/c1-2-17-7-15-6-9(17)10-11(14)18-5-3-4-8(13)12(18)16-10/h3-7H,2,14H2,1H3. The molecule has 18 heavy (non-hydrogen) atoms. The Balaban J connectivity index is 2.31. The second-order valence-corrected chi connectivity index (χ2v) is 4.37. The minimum absolute atomic E-state index is 0.572. The number of aryl methyl sites for hydroxylation is 1. The van der Waals surface area contributed by atoms with Crippen LogP contribution in [0.5, 0.6) is 0 Å². The van der Waals surface area contributed by atoms with E-state index in [1.807, 2.05) is 23.8 Å². The lowest BCUT2D eigenvalue weighted by Gasteiger charge is -2.02. The van der Waals surface area contributed by atoms with Crippen molar-refractivity contribution in [2.45, 2.75) is 13.5 Å². The van der Waals surface area contributed by atoms with Crippen LogP contribution in [0.2, 0.25) is 5.02 Å². The van der Waals surface area contributed by atoms with Crippen LogP contribution in [0.15, 0.2) is 30.9 Å². The van der Waals surface area contributed by atoms with E-state index < -0.39 is 0 Å². The first-order chi connectivity index (χ1) is 8.72. The fraction of sp³-hybridized carbons (Fsp3) is 0.167. The lowest BCUT2D eigenvalue weighted by atomic mass is 10.3. The third-order valence-electron chi connectivity index (χ3n) is 2.93. The van der Waals surface area contributed by atoms with Gasteiger partial charge in [0, 0.05) is 12.7 Å². The molecule has 0 aromatic carbocycles. The number of hydrogen-bond donors (Lipinski definition) is 1. The average Bonchev–Trinajstić information content (AvgIpc) is 2.95. The number of aromatic nitrogens is 4. The van der Waals surface area contributed by atoms with Crippen molar-refractivity contribution in [3.05, 3.63) is 35.9 Å². The molecule has 0 aliphatic carbocycles. The van der Waals surface area contributed by atoms with Crippen molar-refractivity contribution in [3.63, 3.8) is 0 Å². The molecule has 0 saturated heterocycles. The quantitative estimate of drug-likeness (QED) is 0.771. The summed E-state index contributed by atoms with van der Waals surface area (Å²) in [6.07, 6.45) is 5.37. The highest BCUT2D eigenvalue weighted by atomic mass is 35.5. The minimum atomic E-state index is 0.572. The van der Waals surface area contributed by atoms with Gasteiger partial charge in [0.25, 0.3) is 0 Å². The molecule has 0 saturated carbocycles. The summed E-state index contributed by atoms with van der Waals surface area (Å²) in [5, 5.41) is 0.581. The Labute approximate surface area is 109 Å². The average molecular weight is 262 g/mol. The number of halogens is 1. The first-order valence-corrected chi connectivity index (χ1v) is 6.02. The van der Waals surface area contributed by atoms with Gasteiger partial charge in [-0.05, 0) is 19.1 Å². The van der Waals surface area contributed by atoms with E-state index in [0.717, 1.165) is 12.2 Å². The number of nitrogens with zero attached hydrogens (tertiary/aromatic N) is 4. The fourth-order valence-electron chi connectivity index (χ4n) is 2.01. The summed E-state index contributed by atoms with van der Waals surface area (Å²) >= 11 is 6.12. The number of fused-ring (bicyclic) bond motifs is 1. The van der Waals surface area contributed by atoms with Gasteiger partial charge in [0.05, 0.1) is 23.2 Å². The van der Waals surface area contributed by atoms with Crippen LogP contribution >= 0.6 is 11.6 Å². The normalized spacial score (nSPS) is 11.2. The Morgan fingerprint density at radius 2 is 2.28 bits per heavy atom. The van der Waals surface area contributed by atoms with Crippen LogP contribution in [0.25, 0.3) is 17.0 Å². The molecular weight excluding hydrogens is 250 g/mol. The Morgan fingerprint density at radius 3 is 3.00 bits per heavy atom. The van der Waals surface area contributed by atoms with Gasteiger partial charge in [-0.3, -0.25) is 4.40 Å². The molecule has 0 fully saturated rings. The third kappa shape index (κ3) is 1.48. The molecule has 3 aromatic heterocycles. The molecule has 0 amide bonds. The predicted octanol–water partition coefficient (Wildman–Crippen LogP) is 2.45. The number of nitrogens with two attached hydrogens (primary N) is 1. The van der Waals surface area contributed by atoms with Crippen LogP contribution in [-0.4, -0.2) is 18.9 Å². The van der Waals surface area contributed by atoms with Crippen LogP contribution in [0.1, 0.15) is 6.92 Å². The molecule has 5 nitrogen and oxygen atoms in total. The Bertz CT molecular complexity index is 712. The van der Waals surface area contributed by atoms with E-state index in [1.54, 1.807) is 23.0 Å². The Morgan fingerprint density at radius 1 is 1.44 bits per heavy atom. The molecule has 6 heteroatoms. The van der Waals surface area contributed by atoms with Gasteiger partial charge in [0.2, 0.25) is 0 Å². The van der Waals surface area contributed by atoms with E-state index in [9.17, 15) is 0 Å². The smallest absolute Gasteiger partial charge is 0.158 e. The van der Waals surface area contributed by atoms with Crippen molar-refractivity contribution in [3.8, 4) is 11.4 Å². The zero-order chi connectivity index (χ0) is 12.7. The molecule has 0 atom stereocenters. The molecule has 0 aliphatic rings. The maximum absolute atomic E-state index is 6.12. The van der Waals surface area contributed by atoms with Gasteiger partial charge in [-0.15, -0.1) is 0 Å². The van der Waals surface area contributed by atoms with Crippen molar-refractivity contribution in [1.82, 2.24) is 18.9 Å². The van der Waals surface area contributed by atoms with Crippen molar-refractivity contribution >= 4 is 23.1 Å². The zero-order valence-electron chi connectivity index (χ0n) is 9.84. The minimum Gasteiger partial charge on any atom is -0.383 e. The van der Waals surface area contributed by atoms with Gasteiger partial charge < -0.3 is 10.3 Å². The third-order valence-corrected chi connectivity index (χ3v) is 3.23. The van der Waals surface area contributed by atoms with Gasteiger partial charge in [0.15, 0.2) is 5.65 Å². The number of rotatable bonds is 2. The zero-order valence-corrected chi connectivity index (χ0v) is 10.6. The molecular formula is C12H12ClN5. The first-order valence-electron chi connectivity index (χ1n) is 5.65. The number of pyridine rings is 1. The molecule has 3 rings (SSSR count). The van der Waals surface area contributed by atoms with E-state index in [1.165, 1.54) is 0 Å². The number of nitrogen functional groups attached to an aromatic ring is 1. The second kappa shape index (κ2) is 4.03. The maximum atomic E-state index is 6.12. The topological polar surface area (TPSA) is 61.1 Å². The van der Waals surface area contributed by atoms with Gasteiger partial charge in [0.1, 0.15) is 11.5 Å². The lowest BCUT2D eigenvalue weighted by Crippen LogP contribution is -1.98. The summed E-state index contributed by atoms with van der Waals surface area (Å²) in [6, 6.07) is 3.64. The van der Waals surface area contributed by atoms with Crippen LogP contribution < -0.4 is 5.73 Å². The largest absolute Gasteiger partial charge is 0.383 e. The molecule has 3 heterocycles. The monoisotopic (exact) mass is 261 g/mol. The molecule has 0 radical (unpaired) electrons. The predicted molar refractivity (Wildman–Crippen MR) is 71.5 cm³/mol. The van der Waals surface area contributed by atoms with E-state index in [4.69, 9.17) is 17.3 Å². The van der Waals surface area contributed by atoms with Crippen LogP contribution in [0.4, 0.5) is 5.82 Å². The summed E-state index contributed by atoms with van der Waals surface area (Å²) < 4.78 is 3.77. The van der Waals surface area contributed by atoms with Crippen molar-refractivity contribution in [1.29, 1.82) is 0 Å². The highest BCUT2D eigenvalue weighted by Crippen LogP contribution is 2.28. The number of imidazole rings is 2. The number of anilines is 1. The summed E-state index contributed by atoms with van der Waals surface area (Å²) in [5.74, 6) is 0.572. The summed E-state index contributed by atoms with van der Waals surface area (Å²) in [7, 11) is 0. The molecule has 0 bridgehead atoms. The van der Waals surface area contributed by atoms with Gasteiger partial charge >= 0.3 is 0 Å². The first kappa shape index (κ1) is 11.1. The summed E-state index contributed by atoms with van der Waals surface area (Å²) in [4.78, 5) is 8.64. The van der Waals surface area contributed by atoms with Crippen LogP contribution in [0, 0.1) is 0 Å². The lowest BCUT2D eigenvalue weighted by molar-refractivity contribution is 0.767. The second-order valence-electron chi connectivity index (χ2n) is 3.96. The van der Waals surface area contributed by atoms with E-state index in [0.29, 0.717) is 22.2 Å². The molecule has 0 spiro atoms. The highest BCUT2D eigenvalue weighted by molar-refractivity contribution is 6.33. The van der Waals surface area contributed by atoms with E-state index >= 15 is 0 Å². The van der Waals surface area contributed by atoms with Gasteiger partial charge in [-0.25, -0.2) is 9.97 Å². The Kier molecular flexibility index (Phi) is 2.48. The summed E-state index contributed by atoms with van der Waals surface area (Å²) in [5.41, 5.74) is 8.39. The number of hydrogen-bond acceptors (Lipinski definition) is 3. The SMILES string of the molecule is CCn1cncc1-c1nc2c(Cl)cccn2c1N. The van der Waals surface area contributed by atoms with E-state index in [-0.39, 0.29) is 0 Å². The molecule has 0 unspecified atom stereocenters. The van der Waals surface area contributed by atoms with Crippen LogP contribution in [-0.2, 0) is 6.54 Å². The van der Waals surface area contributed by atoms with E-state index in [2.05, 4.69) is 9.97 Å².